The summed E-state index contributed by atoms with van der Waals surface area (Å²) in [4.78, 5) is 35.0. The molecule has 2 aromatic heterocycles. The molecule has 7 nitrogen and oxygen atoms in total. The zero-order chi connectivity index (χ0) is 29.8. The number of carbonyl (C=O) groups is 2. The first-order valence-corrected chi connectivity index (χ1v) is 13.6. The number of furan rings is 1. The van der Waals surface area contributed by atoms with Gasteiger partial charge in [-0.1, -0.05) is 18.2 Å². The van der Waals surface area contributed by atoms with Gasteiger partial charge in [-0.25, -0.2) is 18.7 Å². The second-order valence-corrected chi connectivity index (χ2v) is 10.9. The number of aryl methyl sites for hydroxylation is 3. The van der Waals surface area contributed by atoms with Crippen LogP contribution in [0.5, 0.6) is 0 Å². The van der Waals surface area contributed by atoms with Crippen molar-refractivity contribution in [1.29, 1.82) is 0 Å². The third-order valence-corrected chi connectivity index (χ3v) is 7.69. The van der Waals surface area contributed by atoms with Crippen LogP contribution in [0.15, 0.2) is 65.1 Å². The molecule has 1 saturated carbocycles. The fraction of sp³-hybridized carbons (Fsp3) is 0.212. The van der Waals surface area contributed by atoms with Gasteiger partial charge in [-0.2, -0.15) is 0 Å². The number of nitrogens with one attached hydrogen (secondary N) is 1. The Morgan fingerprint density at radius 1 is 0.929 bits per heavy atom. The maximum Gasteiger partial charge on any atom is 0.253 e. The number of aromatic nitrogens is 2. The maximum absolute atomic E-state index is 16.2. The quantitative estimate of drug-likeness (QED) is 0.244. The molecule has 1 aliphatic carbocycles. The summed E-state index contributed by atoms with van der Waals surface area (Å²) in [5, 5.41) is 3.06. The fourth-order valence-electron chi connectivity index (χ4n) is 5.39. The van der Waals surface area contributed by atoms with Gasteiger partial charge in [0.05, 0.1) is 10.9 Å². The van der Waals surface area contributed by atoms with Crippen molar-refractivity contribution in [3.8, 4) is 11.1 Å². The van der Waals surface area contributed by atoms with Gasteiger partial charge in [-0.05, 0) is 92.8 Å². The lowest BCUT2D eigenvalue weighted by molar-refractivity contribution is 0.0927. The zero-order valence-corrected chi connectivity index (χ0v) is 23.3. The molecule has 6 rings (SSSR count). The number of hydrogen-bond donors (Lipinski definition) is 2. The largest absolute Gasteiger partial charge is 0.460 e. The lowest BCUT2D eigenvalue weighted by Crippen LogP contribution is -2.36. The van der Waals surface area contributed by atoms with Crippen LogP contribution >= 0.6 is 0 Å². The van der Waals surface area contributed by atoms with E-state index in [1.54, 1.807) is 42.5 Å². The Bertz CT molecular complexity index is 1870. The van der Waals surface area contributed by atoms with Crippen LogP contribution in [0.3, 0.4) is 0 Å². The molecular weight excluding hydrogens is 538 g/mol. The predicted molar refractivity (Wildman–Crippen MR) is 154 cm³/mol. The Hall–Kier alpha value is -4.92. The van der Waals surface area contributed by atoms with E-state index in [4.69, 9.17) is 10.2 Å². The van der Waals surface area contributed by atoms with Crippen molar-refractivity contribution >= 4 is 22.8 Å². The topological polar surface area (TPSA) is 111 Å². The number of amides is 2. The molecule has 0 saturated heterocycles. The van der Waals surface area contributed by atoms with Crippen molar-refractivity contribution < 1.29 is 22.8 Å². The van der Waals surface area contributed by atoms with Gasteiger partial charge >= 0.3 is 0 Å². The summed E-state index contributed by atoms with van der Waals surface area (Å²) in [6, 6.07) is 15.8. The Labute approximate surface area is 240 Å². The molecule has 3 N–H and O–H groups in total. The predicted octanol–water partition coefficient (Wildman–Crippen LogP) is 6.20. The third-order valence-electron chi connectivity index (χ3n) is 7.69. The first-order valence-electron chi connectivity index (χ1n) is 13.6. The molecule has 1 fully saturated rings. The summed E-state index contributed by atoms with van der Waals surface area (Å²) in [6.45, 7) is 5.60. The van der Waals surface area contributed by atoms with E-state index in [0.29, 0.717) is 22.5 Å². The number of primary amides is 1. The molecule has 0 atom stereocenters. The normalized spacial score (nSPS) is 13.7. The van der Waals surface area contributed by atoms with Gasteiger partial charge in [0.2, 0.25) is 0 Å². The van der Waals surface area contributed by atoms with E-state index in [1.165, 1.54) is 12.1 Å². The summed E-state index contributed by atoms with van der Waals surface area (Å²) in [5.74, 6) is -1.46. The van der Waals surface area contributed by atoms with Crippen molar-refractivity contribution in [2.75, 3.05) is 0 Å². The number of nitrogens with zero attached hydrogens (tertiary/aromatic N) is 2. The standard InChI is InChI=1S/C33H28F2N4O3/c1-17-4-7-21(31(41)39-33(12-13-33)32-37-18(2)14-19(3)38-32)16-24(17)23-10-11-25-27(29(23)35)28(30(36)40)26(42-25)15-20-5-8-22(34)9-6-20/h4-11,14,16H,12-13,15H2,1-3H3,(H2,36,40)(H,39,41). The Morgan fingerprint density at radius 2 is 1.62 bits per heavy atom. The highest BCUT2D eigenvalue weighted by Gasteiger charge is 2.48. The van der Waals surface area contributed by atoms with Gasteiger partial charge in [0.25, 0.3) is 11.8 Å². The van der Waals surface area contributed by atoms with Gasteiger partial charge in [0.15, 0.2) is 5.82 Å². The minimum absolute atomic E-state index is 0.0322. The first-order chi connectivity index (χ1) is 20.0. The highest BCUT2D eigenvalue weighted by Crippen LogP contribution is 2.44. The van der Waals surface area contributed by atoms with E-state index >= 15 is 4.39 Å². The van der Waals surface area contributed by atoms with Crippen LogP contribution in [0.4, 0.5) is 8.78 Å². The molecule has 212 valence electrons. The van der Waals surface area contributed by atoms with E-state index < -0.39 is 23.1 Å². The van der Waals surface area contributed by atoms with Gasteiger partial charge in [-0.15, -0.1) is 0 Å². The SMILES string of the molecule is Cc1cc(C)nc(C2(NC(=O)c3ccc(C)c(-c4ccc5oc(Cc6ccc(F)cc6)c(C(N)=O)c5c4F)c3)CC2)n1. The van der Waals surface area contributed by atoms with Crippen LogP contribution in [0.2, 0.25) is 0 Å². The van der Waals surface area contributed by atoms with Gasteiger partial charge < -0.3 is 15.5 Å². The van der Waals surface area contributed by atoms with E-state index in [1.807, 2.05) is 26.8 Å². The molecule has 0 spiro atoms. The number of fused-ring (bicyclic) bond motifs is 1. The summed E-state index contributed by atoms with van der Waals surface area (Å²) < 4.78 is 35.5. The molecule has 5 aromatic rings. The average Bonchev–Trinajstić information content (AvgIpc) is 3.62. The Morgan fingerprint density at radius 3 is 2.26 bits per heavy atom. The van der Waals surface area contributed by atoms with Crippen molar-refractivity contribution in [3.63, 3.8) is 0 Å². The Balaban J connectivity index is 1.36. The highest BCUT2D eigenvalue weighted by atomic mass is 19.1. The fourth-order valence-corrected chi connectivity index (χ4v) is 5.39. The molecule has 2 amide bonds. The molecule has 3 aromatic carbocycles. The minimum atomic E-state index is -0.838. The monoisotopic (exact) mass is 566 g/mol. The minimum Gasteiger partial charge on any atom is -0.460 e. The Kier molecular flexibility index (Phi) is 6.60. The van der Waals surface area contributed by atoms with Crippen LogP contribution < -0.4 is 11.1 Å². The van der Waals surface area contributed by atoms with Crippen molar-refractivity contribution in [3.05, 3.63) is 118 Å². The molecule has 1 aliphatic rings. The summed E-state index contributed by atoms with van der Waals surface area (Å²) in [7, 11) is 0. The van der Waals surface area contributed by atoms with Crippen molar-refractivity contribution in [2.24, 2.45) is 5.73 Å². The van der Waals surface area contributed by atoms with E-state index in [0.717, 1.165) is 29.8 Å². The van der Waals surface area contributed by atoms with Gasteiger partial charge in [0.1, 0.15) is 28.5 Å². The van der Waals surface area contributed by atoms with Crippen LogP contribution in [-0.4, -0.2) is 21.8 Å². The number of rotatable bonds is 7. The van der Waals surface area contributed by atoms with E-state index in [2.05, 4.69) is 15.3 Å². The maximum atomic E-state index is 16.2. The number of carbonyl (C=O) groups excluding carboxylic acids is 2. The number of nitrogens with two attached hydrogens (primary N) is 1. The molecular formula is C33H28F2N4O3. The number of halogens is 2. The van der Waals surface area contributed by atoms with E-state index in [-0.39, 0.29) is 40.2 Å². The molecule has 0 aliphatic heterocycles. The van der Waals surface area contributed by atoms with Gasteiger partial charge in [-0.3, -0.25) is 9.59 Å². The second kappa shape index (κ2) is 10.2. The average molecular weight is 567 g/mol. The van der Waals surface area contributed by atoms with Crippen LogP contribution in [0, 0.1) is 32.4 Å². The zero-order valence-electron chi connectivity index (χ0n) is 23.3. The van der Waals surface area contributed by atoms with Gasteiger partial charge in [0, 0.05) is 28.9 Å². The second-order valence-electron chi connectivity index (χ2n) is 10.9. The molecule has 0 bridgehead atoms. The lowest BCUT2D eigenvalue weighted by atomic mass is 9.95. The highest BCUT2D eigenvalue weighted by molar-refractivity contribution is 6.08. The van der Waals surface area contributed by atoms with Crippen LogP contribution in [0.1, 0.15) is 67.7 Å². The van der Waals surface area contributed by atoms with E-state index in [9.17, 15) is 14.0 Å². The number of hydrogen-bond acceptors (Lipinski definition) is 5. The summed E-state index contributed by atoms with van der Waals surface area (Å²) in [5.41, 5.74) is 9.28. The van der Waals surface area contributed by atoms with Crippen LogP contribution in [-0.2, 0) is 12.0 Å². The molecule has 0 radical (unpaired) electrons. The molecule has 2 heterocycles. The van der Waals surface area contributed by atoms with Crippen LogP contribution in [0.25, 0.3) is 22.1 Å². The summed E-state index contributed by atoms with van der Waals surface area (Å²) >= 11 is 0. The summed E-state index contributed by atoms with van der Waals surface area (Å²) in [6.07, 6.45) is 1.58. The van der Waals surface area contributed by atoms with Crippen molar-refractivity contribution in [2.45, 2.75) is 45.6 Å². The number of benzene rings is 3. The lowest BCUT2D eigenvalue weighted by Gasteiger charge is -2.18. The first kappa shape index (κ1) is 27.3. The third kappa shape index (κ3) is 4.91. The molecule has 0 unspecified atom stereocenters. The smallest absolute Gasteiger partial charge is 0.253 e. The van der Waals surface area contributed by atoms with Crippen molar-refractivity contribution in [1.82, 2.24) is 15.3 Å². The molecule has 42 heavy (non-hydrogen) atoms. The molecule has 9 heteroatoms.